The quantitative estimate of drug-likeness (QED) is 0.799. The molecule has 0 aliphatic carbocycles. The zero-order chi connectivity index (χ0) is 15.3. The second-order valence-corrected chi connectivity index (χ2v) is 6.35. The highest BCUT2D eigenvalue weighted by molar-refractivity contribution is 7.09. The van der Waals surface area contributed by atoms with Gasteiger partial charge in [0, 0.05) is 5.38 Å². The first-order chi connectivity index (χ1) is 9.25. The van der Waals surface area contributed by atoms with Crippen molar-refractivity contribution in [3.8, 4) is 0 Å². The van der Waals surface area contributed by atoms with Crippen molar-refractivity contribution in [1.29, 1.82) is 0 Å². The maximum Gasteiger partial charge on any atom is 0.357 e. The van der Waals surface area contributed by atoms with Crippen LogP contribution in [-0.2, 0) is 16.1 Å². The van der Waals surface area contributed by atoms with Gasteiger partial charge in [0.2, 0.25) is 5.91 Å². The van der Waals surface area contributed by atoms with E-state index in [0.717, 1.165) is 0 Å². The molecule has 0 radical (unpaired) electrons. The summed E-state index contributed by atoms with van der Waals surface area (Å²) in [6.45, 7) is 8.01. The maximum absolute atomic E-state index is 11.9. The lowest BCUT2D eigenvalue weighted by atomic mass is 9.87. The van der Waals surface area contributed by atoms with Gasteiger partial charge in [0.15, 0.2) is 5.69 Å². The highest BCUT2D eigenvalue weighted by Gasteiger charge is 2.27. The summed E-state index contributed by atoms with van der Waals surface area (Å²) in [4.78, 5) is 27.4. The van der Waals surface area contributed by atoms with Gasteiger partial charge in [-0.2, -0.15) is 0 Å². The molecule has 1 aromatic heterocycles. The fourth-order valence-corrected chi connectivity index (χ4v) is 2.06. The van der Waals surface area contributed by atoms with Crippen LogP contribution in [0.25, 0.3) is 0 Å². The standard InChI is InChI=1S/C13H21N3O3S/c1-5-19-12(18)8-7-20-9(16-8)6-15-11(17)10(14)13(2,3)4/h7,10H,5-6,14H2,1-4H3,(H,15,17)/t10-/m1/s1. The van der Waals surface area contributed by atoms with E-state index >= 15 is 0 Å². The smallest absolute Gasteiger partial charge is 0.357 e. The number of hydrogen-bond donors (Lipinski definition) is 2. The van der Waals surface area contributed by atoms with Gasteiger partial charge in [-0.15, -0.1) is 11.3 Å². The molecule has 0 bridgehead atoms. The summed E-state index contributed by atoms with van der Waals surface area (Å²) in [5.74, 6) is -0.682. The number of amides is 1. The van der Waals surface area contributed by atoms with Crippen LogP contribution < -0.4 is 11.1 Å². The largest absolute Gasteiger partial charge is 0.461 e. The fourth-order valence-electron chi connectivity index (χ4n) is 1.36. The van der Waals surface area contributed by atoms with E-state index in [1.807, 2.05) is 20.8 Å². The minimum Gasteiger partial charge on any atom is -0.461 e. The third-order valence-corrected chi connectivity index (χ3v) is 3.51. The lowest BCUT2D eigenvalue weighted by molar-refractivity contribution is -0.124. The van der Waals surface area contributed by atoms with Crippen LogP contribution in [0.5, 0.6) is 0 Å². The molecule has 1 rings (SSSR count). The first-order valence-electron chi connectivity index (χ1n) is 6.40. The Balaban J connectivity index is 2.55. The zero-order valence-corrected chi connectivity index (χ0v) is 13.0. The minimum absolute atomic E-state index is 0.231. The topological polar surface area (TPSA) is 94.3 Å². The van der Waals surface area contributed by atoms with Crippen LogP contribution >= 0.6 is 11.3 Å². The highest BCUT2D eigenvalue weighted by atomic mass is 32.1. The summed E-state index contributed by atoms with van der Waals surface area (Å²) in [7, 11) is 0. The SMILES string of the molecule is CCOC(=O)c1csc(CNC(=O)[C@@H](N)C(C)(C)C)n1. The van der Waals surface area contributed by atoms with Crippen LogP contribution in [0.3, 0.4) is 0 Å². The van der Waals surface area contributed by atoms with Gasteiger partial charge in [0.25, 0.3) is 0 Å². The zero-order valence-electron chi connectivity index (χ0n) is 12.2. The summed E-state index contributed by atoms with van der Waals surface area (Å²) in [5, 5.41) is 4.98. The van der Waals surface area contributed by atoms with E-state index in [0.29, 0.717) is 11.6 Å². The minimum atomic E-state index is -0.591. The van der Waals surface area contributed by atoms with Gasteiger partial charge >= 0.3 is 5.97 Å². The van der Waals surface area contributed by atoms with E-state index in [2.05, 4.69) is 10.3 Å². The second kappa shape index (κ2) is 6.81. The molecule has 0 spiro atoms. The number of ether oxygens (including phenoxy) is 1. The number of carbonyl (C=O) groups is 2. The third-order valence-electron chi connectivity index (χ3n) is 2.67. The van der Waals surface area contributed by atoms with Crippen LogP contribution in [0, 0.1) is 5.41 Å². The monoisotopic (exact) mass is 299 g/mol. The second-order valence-electron chi connectivity index (χ2n) is 5.41. The Morgan fingerprint density at radius 2 is 2.15 bits per heavy atom. The average Bonchev–Trinajstić information content (AvgIpc) is 2.83. The van der Waals surface area contributed by atoms with E-state index in [9.17, 15) is 9.59 Å². The van der Waals surface area contributed by atoms with Gasteiger partial charge in [-0.05, 0) is 12.3 Å². The molecule has 0 unspecified atom stereocenters. The van der Waals surface area contributed by atoms with Crippen LogP contribution in [0.15, 0.2) is 5.38 Å². The first-order valence-corrected chi connectivity index (χ1v) is 7.28. The van der Waals surface area contributed by atoms with E-state index < -0.39 is 12.0 Å². The molecule has 3 N–H and O–H groups in total. The fraction of sp³-hybridized carbons (Fsp3) is 0.615. The van der Waals surface area contributed by atoms with Gasteiger partial charge in [-0.3, -0.25) is 4.79 Å². The molecular weight excluding hydrogens is 278 g/mol. The molecule has 0 saturated heterocycles. The highest BCUT2D eigenvalue weighted by Crippen LogP contribution is 2.17. The van der Waals surface area contributed by atoms with Crippen LogP contribution in [-0.4, -0.2) is 29.5 Å². The lowest BCUT2D eigenvalue weighted by Crippen LogP contribution is -2.48. The lowest BCUT2D eigenvalue weighted by Gasteiger charge is -2.25. The number of nitrogens with two attached hydrogens (primary N) is 1. The predicted molar refractivity (Wildman–Crippen MR) is 77.3 cm³/mol. The first kappa shape index (κ1) is 16.6. The Bertz CT molecular complexity index is 479. The van der Waals surface area contributed by atoms with Crippen molar-refractivity contribution in [2.45, 2.75) is 40.3 Å². The molecule has 1 aromatic rings. The van der Waals surface area contributed by atoms with Crippen molar-refractivity contribution in [2.75, 3.05) is 6.61 Å². The van der Waals surface area contributed by atoms with E-state index in [-0.39, 0.29) is 23.6 Å². The molecule has 1 heterocycles. The average molecular weight is 299 g/mol. The van der Waals surface area contributed by atoms with Crippen molar-refractivity contribution in [3.63, 3.8) is 0 Å². The van der Waals surface area contributed by atoms with Gasteiger partial charge < -0.3 is 15.8 Å². The third kappa shape index (κ3) is 4.57. The van der Waals surface area contributed by atoms with Crippen molar-refractivity contribution >= 4 is 23.2 Å². The Labute approximate surface area is 122 Å². The number of hydrogen-bond acceptors (Lipinski definition) is 6. The van der Waals surface area contributed by atoms with Gasteiger partial charge in [0.1, 0.15) is 5.01 Å². The van der Waals surface area contributed by atoms with E-state index in [1.54, 1.807) is 12.3 Å². The molecule has 0 saturated carbocycles. The molecule has 0 fully saturated rings. The Kier molecular flexibility index (Phi) is 5.64. The molecule has 0 aliphatic rings. The molecular formula is C13H21N3O3S. The van der Waals surface area contributed by atoms with Crippen LogP contribution in [0.2, 0.25) is 0 Å². The van der Waals surface area contributed by atoms with E-state index in [1.165, 1.54) is 11.3 Å². The molecule has 112 valence electrons. The van der Waals surface area contributed by atoms with Crippen molar-refractivity contribution < 1.29 is 14.3 Å². The Morgan fingerprint density at radius 1 is 1.50 bits per heavy atom. The summed E-state index contributed by atoms with van der Waals surface area (Å²) in [5.41, 5.74) is 5.81. The number of thiazole rings is 1. The number of carbonyl (C=O) groups excluding carboxylic acids is 2. The van der Waals surface area contributed by atoms with Crippen LogP contribution in [0.1, 0.15) is 43.2 Å². The van der Waals surface area contributed by atoms with Gasteiger partial charge in [0.05, 0.1) is 19.2 Å². The molecule has 1 amide bonds. The summed E-state index contributed by atoms with van der Waals surface area (Å²) in [6, 6.07) is -0.591. The Morgan fingerprint density at radius 3 is 2.70 bits per heavy atom. The molecule has 7 heteroatoms. The molecule has 0 aliphatic heterocycles. The summed E-state index contributed by atoms with van der Waals surface area (Å²) >= 11 is 1.30. The van der Waals surface area contributed by atoms with Gasteiger partial charge in [-0.25, -0.2) is 9.78 Å². The summed E-state index contributed by atoms with van der Waals surface area (Å²) in [6.07, 6.45) is 0. The Hall–Kier alpha value is -1.47. The number of rotatable bonds is 5. The van der Waals surface area contributed by atoms with Crippen molar-refractivity contribution in [1.82, 2.24) is 10.3 Å². The van der Waals surface area contributed by atoms with Gasteiger partial charge in [-0.1, -0.05) is 20.8 Å². The molecule has 0 aromatic carbocycles. The van der Waals surface area contributed by atoms with Crippen molar-refractivity contribution in [2.24, 2.45) is 11.1 Å². The maximum atomic E-state index is 11.9. The summed E-state index contributed by atoms with van der Waals surface area (Å²) < 4.78 is 4.85. The van der Waals surface area contributed by atoms with Crippen LogP contribution in [0.4, 0.5) is 0 Å². The number of nitrogens with zero attached hydrogens (tertiary/aromatic N) is 1. The number of aromatic nitrogens is 1. The number of esters is 1. The van der Waals surface area contributed by atoms with E-state index in [4.69, 9.17) is 10.5 Å². The molecule has 20 heavy (non-hydrogen) atoms. The van der Waals surface area contributed by atoms with Crippen molar-refractivity contribution in [3.05, 3.63) is 16.1 Å². The number of nitrogens with one attached hydrogen (secondary N) is 1. The molecule has 6 nitrogen and oxygen atoms in total. The normalized spacial score (nSPS) is 12.8. The predicted octanol–water partition coefficient (Wildman–Crippen LogP) is 1.31. The molecule has 1 atom stereocenters.